The molecule has 9 heteroatoms. The summed E-state index contributed by atoms with van der Waals surface area (Å²) in [6.45, 7) is 3.70. The van der Waals surface area contributed by atoms with Gasteiger partial charge in [0.2, 0.25) is 10.0 Å². The van der Waals surface area contributed by atoms with E-state index >= 15 is 0 Å². The molecule has 21 heavy (non-hydrogen) atoms. The molecule has 0 bridgehead atoms. The number of hydrogen-bond donors (Lipinski definition) is 2. The van der Waals surface area contributed by atoms with Gasteiger partial charge in [0, 0.05) is 19.3 Å². The van der Waals surface area contributed by atoms with Crippen molar-refractivity contribution in [2.24, 2.45) is 0 Å². The van der Waals surface area contributed by atoms with E-state index in [1.165, 1.54) is 24.3 Å². The standard InChI is InChI=1S/C12H20N2O4S2.ClH/c1-3-8-13-9-10-14-20(17,18)12-6-4-11(5-7-12)19(2,15)16;/h4-7,13-14H,3,8-10H2,1-2H3;1H. The molecule has 0 saturated carbocycles. The molecule has 2 N–H and O–H groups in total. The highest BCUT2D eigenvalue weighted by atomic mass is 35.5. The smallest absolute Gasteiger partial charge is 0.240 e. The van der Waals surface area contributed by atoms with Crippen LogP contribution in [-0.2, 0) is 19.9 Å². The quantitative estimate of drug-likeness (QED) is 0.672. The third-order valence-electron chi connectivity index (χ3n) is 2.58. The summed E-state index contributed by atoms with van der Waals surface area (Å²) in [6, 6.07) is 5.16. The van der Waals surface area contributed by atoms with Gasteiger partial charge in [-0.2, -0.15) is 0 Å². The van der Waals surface area contributed by atoms with E-state index in [1.807, 2.05) is 6.92 Å². The van der Waals surface area contributed by atoms with Crippen molar-refractivity contribution in [1.29, 1.82) is 0 Å². The predicted molar refractivity (Wildman–Crippen MR) is 85.1 cm³/mol. The Hall–Kier alpha value is -0.670. The second-order valence-corrected chi connectivity index (χ2v) is 8.17. The number of nitrogens with one attached hydrogen (secondary N) is 2. The topological polar surface area (TPSA) is 92.3 Å². The highest BCUT2D eigenvalue weighted by Gasteiger charge is 2.14. The molecule has 0 aromatic heterocycles. The lowest BCUT2D eigenvalue weighted by molar-refractivity contribution is 0.575. The molecule has 1 aromatic carbocycles. The van der Waals surface area contributed by atoms with Crippen LogP contribution in [0.2, 0.25) is 0 Å². The van der Waals surface area contributed by atoms with Gasteiger partial charge in [0.05, 0.1) is 9.79 Å². The third kappa shape index (κ3) is 6.75. The van der Waals surface area contributed by atoms with Gasteiger partial charge in [-0.3, -0.25) is 0 Å². The van der Waals surface area contributed by atoms with Crippen LogP contribution < -0.4 is 10.0 Å². The van der Waals surface area contributed by atoms with Crippen LogP contribution in [0.5, 0.6) is 0 Å². The highest BCUT2D eigenvalue weighted by Crippen LogP contribution is 2.13. The zero-order chi connectivity index (χ0) is 15.2. The lowest BCUT2D eigenvalue weighted by Crippen LogP contribution is -2.32. The Morgan fingerprint density at radius 2 is 1.43 bits per heavy atom. The third-order valence-corrected chi connectivity index (χ3v) is 5.19. The molecule has 0 atom stereocenters. The first-order valence-electron chi connectivity index (χ1n) is 6.28. The Labute approximate surface area is 132 Å². The van der Waals surface area contributed by atoms with Crippen molar-refractivity contribution in [2.45, 2.75) is 23.1 Å². The van der Waals surface area contributed by atoms with Crippen LogP contribution >= 0.6 is 12.4 Å². The average molecular weight is 357 g/mol. The lowest BCUT2D eigenvalue weighted by atomic mass is 10.4. The minimum Gasteiger partial charge on any atom is -0.315 e. The molecule has 0 fully saturated rings. The minimum atomic E-state index is -3.59. The van der Waals surface area contributed by atoms with E-state index in [2.05, 4.69) is 10.0 Å². The van der Waals surface area contributed by atoms with E-state index in [1.54, 1.807) is 0 Å². The molecule has 6 nitrogen and oxygen atoms in total. The molecule has 0 aliphatic heterocycles. The van der Waals surface area contributed by atoms with Crippen molar-refractivity contribution in [3.63, 3.8) is 0 Å². The summed E-state index contributed by atoms with van der Waals surface area (Å²) < 4.78 is 48.9. The first-order chi connectivity index (χ1) is 9.27. The van der Waals surface area contributed by atoms with E-state index in [0.29, 0.717) is 6.54 Å². The molecule has 122 valence electrons. The molecule has 0 unspecified atom stereocenters. The maximum Gasteiger partial charge on any atom is 0.240 e. The van der Waals surface area contributed by atoms with Crippen LogP contribution in [0, 0.1) is 0 Å². The number of rotatable bonds is 8. The Kier molecular flexibility index (Phi) is 8.42. The molecular weight excluding hydrogens is 336 g/mol. The van der Waals surface area contributed by atoms with Crippen molar-refractivity contribution in [3.05, 3.63) is 24.3 Å². The fourth-order valence-electron chi connectivity index (χ4n) is 1.52. The Morgan fingerprint density at radius 1 is 0.905 bits per heavy atom. The van der Waals surface area contributed by atoms with Crippen molar-refractivity contribution in [1.82, 2.24) is 10.0 Å². The average Bonchev–Trinajstić information content (AvgIpc) is 2.37. The minimum absolute atomic E-state index is 0. The lowest BCUT2D eigenvalue weighted by Gasteiger charge is -2.08. The van der Waals surface area contributed by atoms with Crippen LogP contribution in [0.1, 0.15) is 13.3 Å². The molecule has 0 saturated heterocycles. The number of benzene rings is 1. The van der Waals surface area contributed by atoms with Crippen molar-refractivity contribution in [3.8, 4) is 0 Å². The number of sulfone groups is 1. The summed E-state index contributed by atoms with van der Waals surface area (Å²) in [7, 11) is -6.91. The van der Waals surface area contributed by atoms with Crippen LogP contribution in [0.4, 0.5) is 0 Å². The Balaban J connectivity index is 0.00000400. The summed E-state index contributed by atoms with van der Waals surface area (Å²) in [6.07, 6.45) is 2.06. The summed E-state index contributed by atoms with van der Waals surface area (Å²) >= 11 is 0. The Bertz CT molecular complexity index is 628. The number of sulfonamides is 1. The zero-order valence-electron chi connectivity index (χ0n) is 12.0. The molecule has 1 aromatic rings. The fraction of sp³-hybridized carbons (Fsp3) is 0.500. The van der Waals surface area contributed by atoms with Crippen molar-refractivity contribution in [2.75, 3.05) is 25.9 Å². The summed E-state index contributed by atoms with van der Waals surface area (Å²) in [4.78, 5) is 0.154. The van der Waals surface area contributed by atoms with Gasteiger partial charge in [-0.1, -0.05) is 6.92 Å². The van der Waals surface area contributed by atoms with E-state index < -0.39 is 19.9 Å². The van der Waals surface area contributed by atoms with Gasteiger partial charge in [0.15, 0.2) is 9.84 Å². The first-order valence-corrected chi connectivity index (χ1v) is 9.65. The second kappa shape index (κ2) is 8.70. The molecule has 1 rings (SSSR count). The largest absolute Gasteiger partial charge is 0.315 e. The summed E-state index contributed by atoms with van der Waals surface area (Å²) in [5, 5.41) is 3.08. The van der Waals surface area contributed by atoms with Gasteiger partial charge in [0.1, 0.15) is 0 Å². The molecule has 0 amide bonds. The van der Waals surface area contributed by atoms with Gasteiger partial charge in [-0.15, -0.1) is 12.4 Å². The van der Waals surface area contributed by atoms with Crippen LogP contribution in [0.15, 0.2) is 34.1 Å². The second-order valence-electron chi connectivity index (χ2n) is 4.39. The summed E-state index contributed by atoms with van der Waals surface area (Å²) in [5.41, 5.74) is 0. The zero-order valence-corrected chi connectivity index (χ0v) is 14.4. The van der Waals surface area contributed by atoms with Crippen LogP contribution in [0.3, 0.4) is 0 Å². The van der Waals surface area contributed by atoms with E-state index in [-0.39, 0.29) is 28.7 Å². The maximum absolute atomic E-state index is 11.9. The number of halogens is 1. The molecule has 0 aliphatic carbocycles. The highest BCUT2D eigenvalue weighted by molar-refractivity contribution is 7.90. The molecule has 0 heterocycles. The Morgan fingerprint density at radius 3 is 1.90 bits per heavy atom. The van der Waals surface area contributed by atoms with E-state index in [0.717, 1.165) is 19.2 Å². The predicted octanol–water partition coefficient (Wildman–Crippen LogP) is 0.790. The monoisotopic (exact) mass is 356 g/mol. The van der Waals surface area contributed by atoms with Crippen molar-refractivity contribution >= 4 is 32.3 Å². The number of hydrogen-bond acceptors (Lipinski definition) is 5. The van der Waals surface area contributed by atoms with E-state index in [9.17, 15) is 16.8 Å². The fourth-order valence-corrected chi connectivity index (χ4v) is 3.19. The van der Waals surface area contributed by atoms with Gasteiger partial charge in [-0.25, -0.2) is 21.6 Å². The van der Waals surface area contributed by atoms with Gasteiger partial charge < -0.3 is 5.32 Å². The van der Waals surface area contributed by atoms with Gasteiger partial charge >= 0.3 is 0 Å². The van der Waals surface area contributed by atoms with Crippen LogP contribution in [0.25, 0.3) is 0 Å². The first kappa shape index (κ1) is 20.3. The van der Waals surface area contributed by atoms with Crippen LogP contribution in [-0.4, -0.2) is 42.7 Å². The molecule has 0 radical (unpaired) electrons. The van der Waals surface area contributed by atoms with E-state index in [4.69, 9.17) is 0 Å². The van der Waals surface area contributed by atoms with Gasteiger partial charge in [0.25, 0.3) is 0 Å². The molecule has 0 spiro atoms. The molecule has 0 aliphatic rings. The maximum atomic E-state index is 11.9. The van der Waals surface area contributed by atoms with Gasteiger partial charge in [-0.05, 0) is 37.2 Å². The SMILES string of the molecule is CCCNCCNS(=O)(=O)c1ccc(S(C)(=O)=O)cc1.Cl. The summed E-state index contributed by atoms with van der Waals surface area (Å²) in [5.74, 6) is 0. The molecular formula is C12H21ClN2O4S2. The normalized spacial score (nSPS) is 11.9. The van der Waals surface area contributed by atoms with Crippen molar-refractivity contribution < 1.29 is 16.8 Å².